The second-order valence-electron chi connectivity index (χ2n) is 7.37. The fraction of sp³-hybridized carbons (Fsp3) is 0.812. The normalized spacial score (nSPS) is 17.8. The van der Waals surface area contributed by atoms with Crippen LogP contribution in [-0.2, 0) is 9.59 Å². The van der Waals surface area contributed by atoms with E-state index in [-0.39, 0.29) is 23.3 Å². The Morgan fingerprint density at radius 1 is 0.957 bits per heavy atom. The van der Waals surface area contributed by atoms with Crippen LogP contribution in [0.4, 0.5) is 4.79 Å². The van der Waals surface area contributed by atoms with Gasteiger partial charge in [0.05, 0.1) is 6.04 Å². The monoisotopic (exact) mass is 326 g/mol. The summed E-state index contributed by atoms with van der Waals surface area (Å²) >= 11 is 0. The molecule has 1 heterocycles. The standard InChI is InChI=1S/C16H30N4O3/c1-11(2)17-15(23)18-13(21)12(3)19-7-9-20(10-8-19)14(22)16(4,5)6/h11-12H,7-10H2,1-6H3,(H2,17,18,21,23). The summed E-state index contributed by atoms with van der Waals surface area (Å²) in [6, 6.07) is -0.900. The zero-order chi connectivity index (χ0) is 17.8. The largest absolute Gasteiger partial charge is 0.340 e. The number of hydrogen-bond acceptors (Lipinski definition) is 4. The Balaban J connectivity index is 2.48. The zero-order valence-corrected chi connectivity index (χ0v) is 15.1. The minimum Gasteiger partial charge on any atom is -0.340 e. The maximum atomic E-state index is 12.3. The van der Waals surface area contributed by atoms with Crippen LogP contribution in [0.3, 0.4) is 0 Å². The average molecular weight is 326 g/mol. The lowest BCUT2D eigenvalue weighted by Crippen LogP contribution is -2.57. The first kappa shape index (κ1) is 19.4. The van der Waals surface area contributed by atoms with Crippen LogP contribution in [0.5, 0.6) is 0 Å². The average Bonchev–Trinajstić information content (AvgIpc) is 2.43. The molecule has 1 fully saturated rings. The van der Waals surface area contributed by atoms with Gasteiger partial charge in [0, 0.05) is 37.6 Å². The highest BCUT2D eigenvalue weighted by Crippen LogP contribution is 2.19. The molecule has 1 aliphatic rings. The fourth-order valence-corrected chi connectivity index (χ4v) is 2.47. The summed E-state index contributed by atoms with van der Waals surface area (Å²) in [6.45, 7) is 13.6. The van der Waals surface area contributed by atoms with Gasteiger partial charge < -0.3 is 10.2 Å². The van der Waals surface area contributed by atoms with Crippen LogP contribution in [0.2, 0.25) is 0 Å². The third kappa shape index (κ3) is 5.82. The molecule has 0 bridgehead atoms. The number of carbonyl (C=O) groups excluding carboxylic acids is 3. The summed E-state index contributed by atoms with van der Waals surface area (Å²) in [4.78, 5) is 39.8. The van der Waals surface area contributed by atoms with Crippen molar-refractivity contribution in [1.82, 2.24) is 20.4 Å². The highest BCUT2D eigenvalue weighted by atomic mass is 16.2. The number of rotatable bonds is 3. The molecule has 1 saturated heterocycles. The van der Waals surface area contributed by atoms with Gasteiger partial charge in [-0.1, -0.05) is 20.8 Å². The van der Waals surface area contributed by atoms with Gasteiger partial charge in [0.1, 0.15) is 0 Å². The van der Waals surface area contributed by atoms with E-state index in [1.807, 2.05) is 44.4 Å². The van der Waals surface area contributed by atoms with Crippen molar-refractivity contribution >= 4 is 17.8 Å². The lowest BCUT2D eigenvalue weighted by molar-refractivity contribution is -0.141. The maximum absolute atomic E-state index is 12.3. The highest BCUT2D eigenvalue weighted by Gasteiger charge is 2.32. The Hall–Kier alpha value is -1.63. The summed E-state index contributed by atoms with van der Waals surface area (Å²) in [6.07, 6.45) is 0. The number of urea groups is 1. The lowest BCUT2D eigenvalue weighted by atomic mass is 9.94. The smallest absolute Gasteiger partial charge is 0.321 e. The number of nitrogens with zero attached hydrogens (tertiary/aromatic N) is 2. The molecular weight excluding hydrogens is 296 g/mol. The van der Waals surface area contributed by atoms with E-state index >= 15 is 0 Å². The van der Waals surface area contributed by atoms with Crippen molar-refractivity contribution in [3.63, 3.8) is 0 Å². The molecule has 0 radical (unpaired) electrons. The van der Waals surface area contributed by atoms with Crippen molar-refractivity contribution in [3.05, 3.63) is 0 Å². The summed E-state index contributed by atoms with van der Waals surface area (Å²) in [5.74, 6) is -0.190. The van der Waals surface area contributed by atoms with Gasteiger partial charge in [-0.15, -0.1) is 0 Å². The Labute approximate surface area is 138 Å². The Bertz CT molecular complexity index is 449. The molecule has 0 spiro atoms. The molecule has 1 unspecified atom stereocenters. The van der Waals surface area contributed by atoms with Crippen LogP contribution >= 0.6 is 0 Å². The molecule has 0 aromatic carbocycles. The number of imide groups is 1. The molecule has 0 aromatic rings. The van der Waals surface area contributed by atoms with Crippen molar-refractivity contribution in [3.8, 4) is 0 Å². The highest BCUT2D eigenvalue weighted by molar-refractivity contribution is 5.96. The number of amides is 4. The minimum absolute atomic E-state index is 0.0231. The topological polar surface area (TPSA) is 81.8 Å². The van der Waals surface area contributed by atoms with Gasteiger partial charge in [-0.2, -0.15) is 0 Å². The summed E-state index contributed by atoms with van der Waals surface area (Å²) in [5, 5.41) is 4.98. The quantitative estimate of drug-likeness (QED) is 0.804. The van der Waals surface area contributed by atoms with Crippen molar-refractivity contribution in [2.24, 2.45) is 5.41 Å². The molecule has 7 heteroatoms. The van der Waals surface area contributed by atoms with Gasteiger partial charge in [-0.25, -0.2) is 4.79 Å². The van der Waals surface area contributed by atoms with Crippen LogP contribution in [0.25, 0.3) is 0 Å². The van der Waals surface area contributed by atoms with Gasteiger partial charge in [0.15, 0.2) is 0 Å². The molecule has 0 aliphatic carbocycles. The first-order valence-corrected chi connectivity index (χ1v) is 8.17. The molecular formula is C16H30N4O3. The fourth-order valence-electron chi connectivity index (χ4n) is 2.47. The number of piperazine rings is 1. The molecule has 0 saturated carbocycles. The van der Waals surface area contributed by atoms with Crippen LogP contribution in [0.1, 0.15) is 41.5 Å². The molecule has 1 atom stereocenters. The molecule has 1 rings (SSSR count). The van der Waals surface area contributed by atoms with E-state index in [9.17, 15) is 14.4 Å². The summed E-state index contributed by atoms with van der Waals surface area (Å²) in [5.41, 5.74) is -0.389. The van der Waals surface area contributed by atoms with Crippen molar-refractivity contribution in [2.75, 3.05) is 26.2 Å². The van der Waals surface area contributed by atoms with Gasteiger partial charge in [-0.3, -0.25) is 19.8 Å². The maximum Gasteiger partial charge on any atom is 0.321 e. The number of hydrogen-bond donors (Lipinski definition) is 2. The van der Waals surface area contributed by atoms with Gasteiger partial charge in [0.2, 0.25) is 11.8 Å². The predicted molar refractivity (Wildman–Crippen MR) is 88.9 cm³/mol. The van der Waals surface area contributed by atoms with Gasteiger partial charge in [-0.05, 0) is 20.8 Å². The van der Waals surface area contributed by atoms with Crippen LogP contribution in [0.15, 0.2) is 0 Å². The third-order valence-electron chi connectivity index (χ3n) is 3.83. The van der Waals surface area contributed by atoms with E-state index in [1.165, 1.54) is 0 Å². The molecule has 7 nitrogen and oxygen atoms in total. The molecule has 0 aromatic heterocycles. The van der Waals surface area contributed by atoms with Crippen LogP contribution in [-0.4, -0.2) is 65.9 Å². The first-order valence-electron chi connectivity index (χ1n) is 8.17. The van der Waals surface area contributed by atoms with E-state index in [0.717, 1.165) is 0 Å². The molecule has 2 N–H and O–H groups in total. The summed E-state index contributed by atoms with van der Waals surface area (Å²) < 4.78 is 0. The Morgan fingerprint density at radius 3 is 1.91 bits per heavy atom. The molecule has 1 aliphatic heterocycles. The SMILES string of the molecule is CC(C)NC(=O)NC(=O)C(C)N1CCN(C(=O)C(C)(C)C)CC1. The van der Waals surface area contributed by atoms with Crippen molar-refractivity contribution in [2.45, 2.75) is 53.6 Å². The van der Waals surface area contributed by atoms with E-state index < -0.39 is 12.1 Å². The predicted octanol–water partition coefficient (Wildman–Crippen LogP) is 0.799. The second kappa shape index (κ2) is 7.77. The molecule has 23 heavy (non-hydrogen) atoms. The van der Waals surface area contributed by atoms with E-state index in [2.05, 4.69) is 10.6 Å². The van der Waals surface area contributed by atoms with Crippen molar-refractivity contribution in [1.29, 1.82) is 0 Å². The summed E-state index contributed by atoms with van der Waals surface area (Å²) in [7, 11) is 0. The number of carbonyl (C=O) groups is 3. The minimum atomic E-state index is -0.474. The third-order valence-corrected chi connectivity index (χ3v) is 3.83. The number of nitrogens with one attached hydrogen (secondary N) is 2. The molecule has 4 amide bonds. The van der Waals surface area contributed by atoms with Crippen LogP contribution < -0.4 is 10.6 Å². The van der Waals surface area contributed by atoms with Crippen LogP contribution in [0, 0.1) is 5.41 Å². The lowest BCUT2D eigenvalue weighted by Gasteiger charge is -2.39. The van der Waals surface area contributed by atoms with Gasteiger partial charge in [0.25, 0.3) is 0 Å². The van der Waals surface area contributed by atoms with E-state index in [1.54, 1.807) is 6.92 Å². The Kier molecular flexibility index (Phi) is 6.56. The molecule has 132 valence electrons. The van der Waals surface area contributed by atoms with E-state index in [0.29, 0.717) is 26.2 Å². The van der Waals surface area contributed by atoms with Gasteiger partial charge >= 0.3 is 6.03 Å². The van der Waals surface area contributed by atoms with Crippen molar-refractivity contribution < 1.29 is 14.4 Å². The zero-order valence-electron chi connectivity index (χ0n) is 15.1. The Morgan fingerprint density at radius 2 is 1.48 bits per heavy atom. The van der Waals surface area contributed by atoms with E-state index in [4.69, 9.17) is 0 Å². The second-order valence-corrected chi connectivity index (χ2v) is 7.37. The first-order chi connectivity index (χ1) is 10.5.